The summed E-state index contributed by atoms with van der Waals surface area (Å²) in [7, 11) is -3.67. The number of halogens is 3. The molecule has 21 heavy (non-hydrogen) atoms. The summed E-state index contributed by atoms with van der Waals surface area (Å²) in [6.45, 7) is -1.58. The number of para-hydroxylation sites is 2. The van der Waals surface area contributed by atoms with Crippen molar-refractivity contribution in [2.45, 2.75) is 6.18 Å². The molecule has 2 N–H and O–H groups in total. The first-order valence-electron chi connectivity index (χ1n) is 5.47. The van der Waals surface area contributed by atoms with Crippen LogP contribution in [0.3, 0.4) is 0 Å². The fraction of sp³-hybridized carbons (Fsp3) is 0.455. The lowest BCUT2D eigenvalue weighted by atomic mass is 10.3. The molecule has 0 unspecified atom stereocenters. The van der Waals surface area contributed by atoms with E-state index in [-0.39, 0.29) is 24.7 Å². The monoisotopic (exact) mass is 332 g/mol. The molecule has 0 aliphatic rings. The van der Waals surface area contributed by atoms with Gasteiger partial charge in [0, 0.05) is 0 Å². The summed E-state index contributed by atoms with van der Waals surface area (Å²) in [5.74, 6) is 0.189. The van der Waals surface area contributed by atoms with E-state index >= 15 is 0 Å². The third-order valence-corrected chi connectivity index (χ3v) is 1.59. The molecule has 0 heterocycles. The van der Waals surface area contributed by atoms with Crippen LogP contribution in [-0.4, -0.2) is 50.3 Å². The first-order valence-corrected chi connectivity index (χ1v) is 7.32. The summed E-state index contributed by atoms with van der Waals surface area (Å²) in [4.78, 5) is 0. The van der Waals surface area contributed by atoms with E-state index in [4.69, 9.17) is 14.4 Å². The highest BCUT2D eigenvalue weighted by molar-refractivity contribution is 7.85. The van der Waals surface area contributed by atoms with E-state index in [0.29, 0.717) is 6.26 Å². The van der Waals surface area contributed by atoms with Crippen molar-refractivity contribution in [3.63, 3.8) is 0 Å². The smallest absolute Gasteiger partial charge is 0.422 e. The maximum Gasteiger partial charge on any atom is 0.422 e. The third-order valence-electron chi connectivity index (χ3n) is 1.59. The molecule has 0 amide bonds. The van der Waals surface area contributed by atoms with Crippen LogP contribution < -0.4 is 9.47 Å². The molecular formula is C11H15F3O6S. The van der Waals surface area contributed by atoms with E-state index < -0.39 is 22.9 Å². The molecular weight excluding hydrogens is 317 g/mol. The number of hydrogen-bond acceptors (Lipinski definition) is 5. The number of aliphatic hydroxyl groups is 1. The van der Waals surface area contributed by atoms with Gasteiger partial charge in [0.05, 0.1) is 12.9 Å². The van der Waals surface area contributed by atoms with Crippen LogP contribution in [-0.2, 0) is 10.1 Å². The van der Waals surface area contributed by atoms with Gasteiger partial charge in [0.2, 0.25) is 0 Å². The fourth-order valence-corrected chi connectivity index (χ4v) is 1.00. The van der Waals surface area contributed by atoms with E-state index in [2.05, 4.69) is 4.74 Å². The van der Waals surface area contributed by atoms with Crippen molar-refractivity contribution < 1.29 is 40.7 Å². The molecule has 1 aromatic carbocycles. The molecule has 0 bridgehead atoms. The zero-order valence-corrected chi connectivity index (χ0v) is 11.8. The third kappa shape index (κ3) is 13.2. The lowest BCUT2D eigenvalue weighted by molar-refractivity contribution is -0.153. The normalized spacial score (nSPS) is 11.3. The molecule has 0 spiro atoms. The highest BCUT2D eigenvalue weighted by atomic mass is 32.2. The quantitative estimate of drug-likeness (QED) is 0.794. The lowest BCUT2D eigenvalue weighted by Gasteiger charge is -2.13. The largest absolute Gasteiger partial charge is 0.487 e. The minimum absolute atomic E-state index is 0.00634. The Morgan fingerprint density at radius 3 is 1.95 bits per heavy atom. The van der Waals surface area contributed by atoms with Gasteiger partial charge in [0.25, 0.3) is 10.1 Å². The summed E-state index contributed by atoms with van der Waals surface area (Å²) in [6, 6.07) is 5.99. The van der Waals surface area contributed by atoms with Crippen molar-refractivity contribution in [3.8, 4) is 11.5 Å². The fourth-order valence-electron chi connectivity index (χ4n) is 1.00. The van der Waals surface area contributed by atoms with Gasteiger partial charge in [-0.25, -0.2) is 0 Å². The molecule has 0 fully saturated rings. The van der Waals surface area contributed by atoms with Crippen molar-refractivity contribution in [2.75, 3.05) is 26.1 Å². The zero-order chi connectivity index (χ0) is 16.5. The molecule has 6 nitrogen and oxygen atoms in total. The number of rotatable bonds is 5. The number of ether oxygens (including phenoxy) is 2. The van der Waals surface area contributed by atoms with E-state index in [1.807, 2.05) is 0 Å². The molecule has 0 atom stereocenters. The Bertz CT molecular complexity index is 507. The van der Waals surface area contributed by atoms with Crippen molar-refractivity contribution in [3.05, 3.63) is 24.3 Å². The van der Waals surface area contributed by atoms with Crippen molar-refractivity contribution in [2.24, 2.45) is 0 Å². The minimum atomic E-state index is -4.38. The van der Waals surface area contributed by atoms with Gasteiger partial charge in [-0.15, -0.1) is 0 Å². The van der Waals surface area contributed by atoms with E-state index in [0.717, 1.165) is 0 Å². The van der Waals surface area contributed by atoms with E-state index in [9.17, 15) is 21.6 Å². The summed E-state index contributed by atoms with van der Waals surface area (Å²) < 4.78 is 71.2. The SMILES string of the molecule is CS(=O)(=O)O.OCCOc1ccccc1OCC(F)(F)F. The van der Waals surface area contributed by atoms with Crippen LogP contribution in [0.1, 0.15) is 0 Å². The second-order valence-electron chi connectivity index (χ2n) is 3.66. The van der Waals surface area contributed by atoms with E-state index in [1.54, 1.807) is 6.07 Å². The maximum atomic E-state index is 11.9. The van der Waals surface area contributed by atoms with Crippen molar-refractivity contribution >= 4 is 10.1 Å². The minimum Gasteiger partial charge on any atom is -0.487 e. The summed E-state index contributed by atoms with van der Waals surface area (Å²) >= 11 is 0. The van der Waals surface area contributed by atoms with Crippen molar-refractivity contribution in [1.82, 2.24) is 0 Å². The van der Waals surface area contributed by atoms with Gasteiger partial charge in [0.15, 0.2) is 18.1 Å². The number of alkyl halides is 3. The van der Waals surface area contributed by atoms with Crippen LogP contribution in [0.15, 0.2) is 24.3 Å². The first kappa shape index (κ1) is 19.5. The Labute approximate surface area is 119 Å². The van der Waals surface area contributed by atoms with Gasteiger partial charge in [-0.2, -0.15) is 21.6 Å². The molecule has 10 heteroatoms. The average Bonchev–Trinajstić information content (AvgIpc) is 2.32. The first-order chi connectivity index (χ1) is 9.53. The Morgan fingerprint density at radius 1 is 1.14 bits per heavy atom. The number of hydrogen-bond donors (Lipinski definition) is 2. The second kappa shape index (κ2) is 8.70. The number of benzene rings is 1. The van der Waals surface area contributed by atoms with Gasteiger partial charge in [-0.05, 0) is 12.1 Å². The Balaban J connectivity index is 0.000000690. The Morgan fingerprint density at radius 2 is 1.57 bits per heavy atom. The molecule has 0 radical (unpaired) electrons. The highest BCUT2D eigenvalue weighted by Gasteiger charge is 2.28. The Hall–Kier alpha value is -1.52. The summed E-state index contributed by atoms with van der Waals surface area (Å²) in [5, 5.41) is 8.53. The van der Waals surface area contributed by atoms with Gasteiger partial charge in [-0.3, -0.25) is 4.55 Å². The van der Waals surface area contributed by atoms with Crippen LogP contribution >= 0.6 is 0 Å². The predicted molar refractivity (Wildman–Crippen MR) is 68.0 cm³/mol. The molecule has 0 aromatic heterocycles. The van der Waals surface area contributed by atoms with Gasteiger partial charge in [0.1, 0.15) is 6.61 Å². The van der Waals surface area contributed by atoms with Crippen LogP contribution in [0.5, 0.6) is 11.5 Å². The van der Waals surface area contributed by atoms with Gasteiger partial charge >= 0.3 is 6.18 Å². The van der Waals surface area contributed by atoms with Gasteiger partial charge in [-0.1, -0.05) is 12.1 Å². The van der Waals surface area contributed by atoms with E-state index in [1.165, 1.54) is 18.2 Å². The van der Waals surface area contributed by atoms with Crippen LogP contribution in [0.25, 0.3) is 0 Å². The predicted octanol–water partition coefficient (Wildman–Crippen LogP) is 1.50. The van der Waals surface area contributed by atoms with Crippen LogP contribution in [0.2, 0.25) is 0 Å². The van der Waals surface area contributed by atoms with Crippen LogP contribution in [0, 0.1) is 0 Å². The molecule has 0 aliphatic carbocycles. The number of aliphatic hydroxyl groups excluding tert-OH is 1. The van der Waals surface area contributed by atoms with Crippen LogP contribution in [0.4, 0.5) is 13.2 Å². The summed E-state index contributed by atoms with van der Waals surface area (Å²) in [6.07, 6.45) is -3.67. The van der Waals surface area contributed by atoms with Gasteiger partial charge < -0.3 is 14.6 Å². The maximum absolute atomic E-state index is 11.9. The molecule has 122 valence electrons. The molecule has 0 saturated heterocycles. The summed E-state index contributed by atoms with van der Waals surface area (Å²) in [5.41, 5.74) is 0. The zero-order valence-electron chi connectivity index (χ0n) is 11.0. The highest BCUT2D eigenvalue weighted by Crippen LogP contribution is 2.28. The topological polar surface area (TPSA) is 93.1 Å². The van der Waals surface area contributed by atoms with Crippen molar-refractivity contribution in [1.29, 1.82) is 0 Å². The molecule has 1 aromatic rings. The average molecular weight is 332 g/mol. The Kier molecular flexibility index (Phi) is 8.07. The molecule has 1 rings (SSSR count). The molecule has 0 aliphatic heterocycles. The molecule has 0 saturated carbocycles. The second-order valence-corrected chi connectivity index (χ2v) is 5.12. The lowest BCUT2D eigenvalue weighted by Crippen LogP contribution is -2.19. The standard InChI is InChI=1S/C10H11F3O3.CH4O3S/c11-10(12,13)7-16-9-4-2-1-3-8(9)15-6-5-14;1-5(2,3)4/h1-4,14H,5-7H2;1H3,(H,2,3,4).